The quantitative estimate of drug-likeness (QED) is 0.142. The van der Waals surface area contributed by atoms with Gasteiger partial charge in [-0.2, -0.15) is 12.1 Å². The summed E-state index contributed by atoms with van der Waals surface area (Å²) < 4.78 is 51.2. The van der Waals surface area contributed by atoms with E-state index < -0.39 is 6.04 Å². The number of ether oxygens (including phenoxy) is 1. The number of pyridine rings is 1. The molecule has 0 radical (unpaired) electrons. The van der Waals surface area contributed by atoms with Gasteiger partial charge in [-0.1, -0.05) is 189 Å². The second-order valence-electron chi connectivity index (χ2n) is 21.5. The molecule has 0 bridgehead atoms. The molecule has 362 valence electrons. The number of benzene rings is 8. The fourth-order valence-corrected chi connectivity index (χ4v) is 9.54. The van der Waals surface area contributed by atoms with Crippen LogP contribution >= 0.6 is 0 Å². The van der Waals surface area contributed by atoms with Crippen molar-refractivity contribution < 1.29 is 32.7 Å². The average Bonchev–Trinajstić information content (AvgIpc) is 4.03. The summed E-state index contributed by atoms with van der Waals surface area (Å²) in [5.41, 5.74) is 13.5. The van der Waals surface area contributed by atoms with E-state index in [1.165, 1.54) is 16.7 Å². The van der Waals surface area contributed by atoms with E-state index in [1.807, 2.05) is 60.8 Å². The molecule has 2 aromatic heterocycles. The molecule has 1 aliphatic heterocycles. The number of anilines is 4. The third-order valence-electron chi connectivity index (χ3n) is 13.5. The molecule has 10 aromatic rings. The van der Waals surface area contributed by atoms with Gasteiger partial charge in [-0.05, 0) is 90.9 Å². The standard InChI is InChI=1S/C66H59N4O.Pt/c1-64(2,3)48-35-36-67-62(40-48)70-58-26-14-13-23-56(58)57-34-33-53(42-61(57)70)71-52-22-17-21-51(41-52)68-43-69(60-28-16-15-27-59(60)68)63-54(46-31-29-45(30-32-46)44-19-11-10-12-20-44)24-18-25-55(63)47-37-49(65(4,5)6)39-50(38-47)66(7,8)9;/h10-40,43H,1-9H3;/q-3;/i10D,11D,12D,19D,20D;. The maximum atomic E-state index is 8.72. The smallest absolute Gasteiger partial charge is 0.135 e. The van der Waals surface area contributed by atoms with E-state index in [2.05, 4.69) is 193 Å². The molecule has 11 rings (SSSR count). The third kappa shape index (κ3) is 9.16. The van der Waals surface area contributed by atoms with Gasteiger partial charge in [0.1, 0.15) is 5.82 Å². The van der Waals surface area contributed by atoms with Gasteiger partial charge in [0.2, 0.25) is 0 Å². The van der Waals surface area contributed by atoms with Gasteiger partial charge in [0, 0.05) is 72.5 Å². The molecular formula is C66H59N4OPt-3. The molecule has 0 unspecified atom stereocenters. The number of rotatable bonds is 8. The van der Waals surface area contributed by atoms with Gasteiger partial charge in [0.15, 0.2) is 0 Å². The Bertz CT molecular complexity index is 3860. The van der Waals surface area contributed by atoms with E-state index in [0.717, 1.165) is 72.6 Å². The molecule has 3 heterocycles. The molecule has 0 saturated heterocycles. The summed E-state index contributed by atoms with van der Waals surface area (Å²) in [6.45, 7) is 22.3. The minimum Gasteiger partial charge on any atom is -0.509 e. The summed E-state index contributed by atoms with van der Waals surface area (Å²) in [7, 11) is 0. The fraction of sp³-hybridized carbons (Fsp3) is 0.182. The zero-order chi connectivity index (χ0) is 53.6. The molecular weight excluding hydrogens is 1060 g/mol. The Morgan fingerprint density at radius 1 is 0.514 bits per heavy atom. The number of fused-ring (bicyclic) bond motifs is 4. The van der Waals surface area contributed by atoms with Crippen LogP contribution in [0.3, 0.4) is 0 Å². The summed E-state index contributed by atoms with van der Waals surface area (Å²) in [6.07, 6.45) is 1.88. The maximum Gasteiger partial charge on any atom is 0.135 e. The van der Waals surface area contributed by atoms with E-state index in [0.29, 0.717) is 17.1 Å². The van der Waals surface area contributed by atoms with E-state index in [-0.39, 0.29) is 67.0 Å². The Balaban J connectivity index is 0.00000672. The molecule has 5 nitrogen and oxygen atoms in total. The fourth-order valence-electron chi connectivity index (χ4n) is 9.54. The van der Waals surface area contributed by atoms with Crippen molar-refractivity contribution in [2.45, 2.75) is 78.6 Å². The molecule has 1 aliphatic rings. The molecule has 0 saturated carbocycles. The molecule has 0 amide bonds. The monoisotopic (exact) mass is 1120 g/mol. The minimum atomic E-state index is -0.414. The van der Waals surface area contributed by atoms with Crippen molar-refractivity contribution in [2.75, 3.05) is 9.80 Å². The van der Waals surface area contributed by atoms with Crippen LogP contribution in [0.25, 0.3) is 61.0 Å². The van der Waals surface area contributed by atoms with Crippen molar-refractivity contribution in [1.82, 2.24) is 9.55 Å². The van der Waals surface area contributed by atoms with Gasteiger partial charge in [0.25, 0.3) is 0 Å². The van der Waals surface area contributed by atoms with E-state index in [9.17, 15) is 0 Å². The normalized spacial score (nSPS) is 13.8. The van der Waals surface area contributed by atoms with Gasteiger partial charge in [-0.3, -0.25) is 0 Å². The second-order valence-corrected chi connectivity index (χ2v) is 21.5. The number of hydrogen-bond acceptors (Lipinski definition) is 4. The molecule has 6 heteroatoms. The molecule has 0 spiro atoms. The van der Waals surface area contributed by atoms with Crippen molar-refractivity contribution in [3.8, 4) is 50.7 Å². The van der Waals surface area contributed by atoms with Gasteiger partial charge >= 0.3 is 0 Å². The molecule has 8 aromatic carbocycles. The van der Waals surface area contributed by atoms with Crippen LogP contribution in [0.4, 0.5) is 22.7 Å². The zero-order valence-corrected chi connectivity index (χ0v) is 44.4. The van der Waals surface area contributed by atoms with Gasteiger partial charge < -0.3 is 19.1 Å². The summed E-state index contributed by atoms with van der Waals surface area (Å²) in [6, 6.07) is 57.7. The SMILES string of the molecule is [2H]c1c([2H])c([2H])c(-c2ccc(-c3cccc(-c4cc(C(C)(C)C)cc(C(C)(C)C)c4)c3N3[CH-]N(c4[c-]c(Oc5[c-]c6c(cc5)c5ccccc5n6-c5cc(C(C)(C)C)ccn5)ccc4)c4ccccc43)cc2)c([2H])c1[2H].[Pt]. The Labute approximate surface area is 447 Å². The Morgan fingerprint density at radius 2 is 1.12 bits per heavy atom. The topological polar surface area (TPSA) is 33.5 Å². The van der Waals surface area contributed by atoms with E-state index >= 15 is 0 Å². The molecule has 0 aliphatic carbocycles. The van der Waals surface area contributed by atoms with Gasteiger partial charge in [0.05, 0.1) is 6.85 Å². The summed E-state index contributed by atoms with van der Waals surface area (Å²) in [4.78, 5) is 9.27. The van der Waals surface area contributed by atoms with Gasteiger partial charge in [-0.25, -0.2) is 4.98 Å². The van der Waals surface area contributed by atoms with E-state index in [1.54, 1.807) is 0 Å². The van der Waals surface area contributed by atoms with Crippen LogP contribution in [0, 0.1) is 18.8 Å². The second kappa shape index (κ2) is 18.8. The van der Waals surface area contributed by atoms with Crippen LogP contribution in [-0.4, -0.2) is 9.55 Å². The van der Waals surface area contributed by atoms with Crippen LogP contribution in [0.5, 0.6) is 11.5 Å². The van der Waals surface area contributed by atoms with Crippen LogP contribution in [0.2, 0.25) is 0 Å². The first kappa shape index (κ1) is 42.5. The van der Waals surface area contributed by atoms with Crippen molar-refractivity contribution in [3.63, 3.8) is 0 Å². The number of aromatic nitrogens is 2. The molecule has 0 fully saturated rings. The van der Waals surface area contributed by atoms with Gasteiger partial charge in [-0.15, -0.1) is 48.1 Å². The zero-order valence-electron chi connectivity index (χ0n) is 47.1. The first-order chi connectivity index (χ1) is 36.2. The summed E-state index contributed by atoms with van der Waals surface area (Å²) in [5, 5.41) is 2.16. The van der Waals surface area contributed by atoms with Crippen molar-refractivity contribution in [2.24, 2.45) is 0 Å². The predicted octanol–water partition coefficient (Wildman–Crippen LogP) is 17.9. The summed E-state index contributed by atoms with van der Waals surface area (Å²) >= 11 is 0. The van der Waals surface area contributed by atoms with Crippen LogP contribution < -0.4 is 14.5 Å². The number of para-hydroxylation sites is 4. The number of hydrogen-bond donors (Lipinski definition) is 0. The first-order valence-electron chi connectivity index (χ1n) is 26.8. The van der Waals surface area contributed by atoms with Crippen LogP contribution in [0.1, 0.15) is 85.9 Å². The Hall–Kier alpha value is -7.20. The maximum absolute atomic E-state index is 8.72. The number of nitrogens with zero attached hydrogens (tertiary/aromatic N) is 4. The largest absolute Gasteiger partial charge is 0.509 e. The van der Waals surface area contributed by atoms with E-state index in [4.69, 9.17) is 16.6 Å². The third-order valence-corrected chi connectivity index (χ3v) is 13.5. The molecule has 72 heavy (non-hydrogen) atoms. The minimum absolute atomic E-state index is 0. The Morgan fingerprint density at radius 3 is 1.82 bits per heavy atom. The molecule has 0 N–H and O–H groups in total. The van der Waals surface area contributed by atoms with Crippen molar-refractivity contribution in [1.29, 1.82) is 0 Å². The Kier molecular flexibility index (Phi) is 11.1. The predicted molar refractivity (Wildman–Crippen MR) is 297 cm³/mol. The van der Waals surface area contributed by atoms with Crippen LogP contribution in [0.15, 0.2) is 188 Å². The van der Waals surface area contributed by atoms with Crippen molar-refractivity contribution >= 4 is 44.6 Å². The summed E-state index contributed by atoms with van der Waals surface area (Å²) in [5.74, 6) is 1.90. The average molecular weight is 1120 g/mol. The first-order valence-corrected chi connectivity index (χ1v) is 24.3. The van der Waals surface area contributed by atoms with Crippen LogP contribution in [-0.2, 0) is 37.3 Å². The van der Waals surface area contributed by atoms with Crippen molar-refractivity contribution in [3.05, 3.63) is 224 Å². The molecule has 0 atom stereocenters.